The van der Waals surface area contributed by atoms with Gasteiger partial charge in [-0.3, -0.25) is 0 Å². The first kappa shape index (κ1) is 46.6. The molecule has 0 saturated heterocycles. The highest BCUT2D eigenvalue weighted by Gasteiger charge is 2.27. The summed E-state index contributed by atoms with van der Waals surface area (Å²) < 4.78 is 6.44. The summed E-state index contributed by atoms with van der Waals surface area (Å²) in [5.41, 5.74) is 19.8. The number of hydrogen-bond acceptors (Lipinski definition) is 2. The number of fused-ring (bicyclic) bond motifs is 4. The molecule has 0 aliphatic carbocycles. The lowest BCUT2D eigenvalue weighted by molar-refractivity contribution is 0.568. The van der Waals surface area contributed by atoms with Gasteiger partial charge in [-0.2, -0.15) is 0 Å². The van der Waals surface area contributed by atoms with Gasteiger partial charge in [0.2, 0.25) is 0 Å². The molecule has 1 heterocycles. The third kappa shape index (κ3) is 8.74. The van der Waals surface area contributed by atoms with Crippen molar-refractivity contribution in [3.8, 4) is 44.5 Å². The second-order valence-electron chi connectivity index (χ2n) is 23.5. The summed E-state index contributed by atoms with van der Waals surface area (Å²) in [6, 6.07) is 70.2. The zero-order chi connectivity index (χ0) is 49.3. The fourth-order valence-electron chi connectivity index (χ4n) is 10.1. The minimum atomic E-state index is -0.0457. The topological polar surface area (TPSA) is 16.4 Å². The smallest absolute Gasteiger partial charge is 0.136 e. The van der Waals surface area contributed by atoms with Crippen molar-refractivity contribution in [3.05, 3.63) is 210 Å². The van der Waals surface area contributed by atoms with Crippen molar-refractivity contribution in [3.63, 3.8) is 0 Å². The molecule has 2 nitrogen and oxygen atoms in total. The van der Waals surface area contributed by atoms with E-state index in [-0.39, 0.29) is 21.7 Å². The summed E-state index contributed by atoms with van der Waals surface area (Å²) in [6.45, 7) is 27.9. The Morgan fingerprint density at radius 3 is 1.33 bits per heavy atom. The Morgan fingerprint density at radius 1 is 0.314 bits per heavy atom. The van der Waals surface area contributed by atoms with Crippen LogP contribution in [-0.4, -0.2) is 0 Å². The molecule has 0 amide bonds. The average molecular weight is 914 g/mol. The molecule has 0 unspecified atom stereocenters. The Labute approximate surface area is 416 Å². The third-order valence-electron chi connectivity index (χ3n) is 14.3. The highest BCUT2D eigenvalue weighted by molar-refractivity contribution is 6.13. The summed E-state index contributed by atoms with van der Waals surface area (Å²) in [5.74, 6) is 0. The van der Waals surface area contributed by atoms with Gasteiger partial charge in [0.05, 0.1) is 11.4 Å². The molecule has 9 aromatic carbocycles. The lowest BCUT2D eigenvalue weighted by Gasteiger charge is -2.31. The van der Waals surface area contributed by atoms with Gasteiger partial charge < -0.3 is 9.32 Å². The molecule has 2 heteroatoms. The van der Waals surface area contributed by atoms with E-state index in [1.165, 1.54) is 60.8 Å². The van der Waals surface area contributed by atoms with E-state index in [4.69, 9.17) is 4.42 Å². The Balaban J connectivity index is 1.26. The molecule has 10 rings (SSSR count). The van der Waals surface area contributed by atoms with E-state index in [9.17, 15) is 0 Å². The predicted molar refractivity (Wildman–Crippen MR) is 302 cm³/mol. The van der Waals surface area contributed by atoms with Crippen molar-refractivity contribution < 1.29 is 4.42 Å². The molecule has 70 heavy (non-hydrogen) atoms. The van der Waals surface area contributed by atoms with Crippen molar-refractivity contribution >= 4 is 49.8 Å². The maximum atomic E-state index is 6.44. The van der Waals surface area contributed by atoms with Crippen molar-refractivity contribution in [1.82, 2.24) is 0 Å². The Morgan fingerprint density at radius 2 is 0.743 bits per heavy atom. The predicted octanol–water partition coefficient (Wildman–Crippen LogP) is 20.1. The Kier molecular flexibility index (Phi) is 11.5. The van der Waals surface area contributed by atoms with Gasteiger partial charge in [0.15, 0.2) is 0 Å². The minimum Gasteiger partial charge on any atom is -0.456 e. The van der Waals surface area contributed by atoms with Crippen molar-refractivity contribution in [2.45, 2.75) is 105 Å². The van der Waals surface area contributed by atoms with Crippen LogP contribution in [0, 0.1) is 0 Å². The van der Waals surface area contributed by atoms with Crippen molar-refractivity contribution in [1.29, 1.82) is 0 Å². The van der Waals surface area contributed by atoms with Crippen LogP contribution in [0.15, 0.2) is 192 Å². The van der Waals surface area contributed by atoms with Gasteiger partial charge in [0, 0.05) is 27.6 Å². The van der Waals surface area contributed by atoms with E-state index in [1.807, 2.05) is 6.07 Å². The fourth-order valence-corrected chi connectivity index (χ4v) is 10.1. The SMILES string of the molecule is CC(C)(C)c1cc(-c2ccccc2N(c2cccc(-c3cccc4oc5ccccc5c34)c2)c2ccccc2-c2cccc3cccc(-c4cc(C(C)(C)C)cc(C(C)(C)C)c4)c23)cc(C(C)(C)C)c1. The van der Waals surface area contributed by atoms with Gasteiger partial charge >= 0.3 is 0 Å². The first-order chi connectivity index (χ1) is 33.2. The number of hydrogen-bond donors (Lipinski definition) is 0. The quantitative estimate of drug-likeness (QED) is 0.158. The zero-order valence-corrected chi connectivity index (χ0v) is 43.3. The minimum absolute atomic E-state index is 0.0191. The molecule has 0 atom stereocenters. The summed E-state index contributed by atoms with van der Waals surface area (Å²) in [5, 5.41) is 4.71. The Hall–Kier alpha value is -7.16. The number of para-hydroxylation sites is 3. The van der Waals surface area contributed by atoms with Crippen LogP contribution in [0.1, 0.15) is 105 Å². The molecule has 0 spiro atoms. The van der Waals surface area contributed by atoms with Crippen LogP contribution < -0.4 is 4.90 Å². The Bertz CT molecular complexity index is 3520. The van der Waals surface area contributed by atoms with Crippen LogP contribution in [-0.2, 0) is 21.7 Å². The van der Waals surface area contributed by atoms with Crippen LogP contribution in [0.2, 0.25) is 0 Å². The molecule has 0 saturated carbocycles. The first-order valence-electron chi connectivity index (χ1n) is 25.1. The van der Waals surface area contributed by atoms with Gasteiger partial charge in [0.1, 0.15) is 11.2 Å². The molecular formula is C68H67NO. The van der Waals surface area contributed by atoms with Gasteiger partial charge in [-0.25, -0.2) is 0 Å². The molecule has 350 valence electrons. The number of rotatable bonds is 7. The van der Waals surface area contributed by atoms with Crippen LogP contribution in [0.3, 0.4) is 0 Å². The number of furan rings is 1. The van der Waals surface area contributed by atoms with E-state index in [1.54, 1.807) is 0 Å². The highest BCUT2D eigenvalue weighted by Crippen LogP contribution is 2.49. The summed E-state index contributed by atoms with van der Waals surface area (Å²) in [4.78, 5) is 2.52. The molecular weight excluding hydrogens is 847 g/mol. The molecule has 0 bridgehead atoms. The second kappa shape index (κ2) is 17.4. The van der Waals surface area contributed by atoms with Crippen LogP contribution in [0.4, 0.5) is 17.1 Å². The average Bonchev–Trinajstić information content (AvgIpc) is 3.72. The largest absolute Gasteiger partial charge is 0.456 e. The maximum absolute atomic E-state index is 6.44. The van der Waals surface area contributed by atoms with E-state index < -0.39 is 0 Å². The van der Waals surface area contributed by atoms with E-state index >= 15 is 0 Å². The monoisotopic (exact) mass is 914 g/mol. The van der Waals surface area contributed by atoms with Crippen LogP contribution in [0.25, 0.3) is 77.2 Å². The van der Waals surface area contributed by atoms with Gasteiger partial charge in [-0.15, -0.1) is 0 Å². The summed E-state index contributed by atoms with van der Waals surface area (Å²) >= 11 is 0. The highest BCUT2D eigenvalue weighted by atomic mass is 16.3. The standard InChI is InChI=1S/C68H67NO/c1-65(2,3)48-37-46(38-49(42-48)66(4,5)6)53-27-13-16-33-59(53)69(52-26-19-25-45(41-52)54-31-22-36-62-64(54)58-29-15-18-35-61(58)70-62)60-34-17-14-28-56(60)57-32-21-24-44-23-20-30-55(63(44)57)47-39-50(67(7,8)9)43-51(40-47)68(10,11)12/h13-43H,1-12H3. The first-order valence-corrected chi connectivity index (χ1v) is 25.1. The number of nitrogens with zero attached hydrogens (tertiary/aromatic N) is 1. The third-order valence-corrected chi connectivity index (χ3v) is 14.3. The van der Waals surface area contributed by atoms with Crippen molar-refractivity contribution in [2.75, 3.05) is 4.90 Å². The molecule has 1 aromatic heterocycles. The molecule has 0 N–H and O–H groups in total. The molecule has 0 aliphatic rings. The lowest BCUT2D eigenvalue weighted by atomic mass is 9.78. The molecule has 10 aromatic rings. The normalized spacial score (nSPS) is 12.6. The van der Waals surface area contributed by atoms with Crippen LogP contribution in [0.5, 0.6) is 0 Å². The van der Waals surface area contributed by atoms with Gasteiger partial charge in [-0.1, -0.05) is 235 Å². The molecule has 0 radical (unpaired) electrons. The second-order valence-corrected chi connectivity index (χ2v) is 23.5. The summed E-state index contributed by atoms with van der Waals surface area (Å²) in [6.07, 6.45) is 0. The molecule has 0 fully saturated rings. The van der Waals surface area contributed by atoms with Gasteiger partial charge in [-0.05, 0) is 124 Å². The van der Waals surface area contributed by atoms with Gasteiger partial charge in [0.25, 0.3) is 0 Å². The van der Waals surface area contributed by atoms with E-state index in [2.05, 4.69) is 270 Å². The van der Waals surface area contributed by atoms with Crippen molar-refractivity contribution in [2.24, 2.45) is 0 Å². The maximum Gasteiger partial charge on any atom is 0.136 e. The fraction of sp³-hybridized carbons (Fsp3) is 0.235. The zero-order valence-electron chi connectivity index (χ0n) is 43.3. The van der Waals surface area contributed by atoms with E-state index in [0.29, 0.717) is 0 Å². The van der Waals surface area contributed by atoms with E-state index in [0.717, 1.165) is 55.7 Å². The molecule has 0 aliphatic heterocycles. The summed E-state index contributed by atoms with van der Waals surface area (Å²) in [7, 11) is 0. The lowest BCUT2D eigenvalue weighted by Crippen LogP contribution is -2.17. The number of anilines is 3. The number of benzene rings is 9. The van der Waals surface area contributed by atoms with Crippen LogP contribution >= 0.6 is 0 Å².